The molecule has 0 bridgehead atoms. The van der Waals surface area contributed by atoms with E-state index >= 15 is 0 Å². The number of rotatable bonds is 4. The van der Waals surface area contributed by atoms with Crippen molar-refractivity contribution >= 4 is 11.6 Å². The Balaban J connectivity index is 1.94. The third kappa shape index (κ3) is 2.74. The zero-order chi connectivity index (χ0) is 12.3. The molecule has 0 saturated heterocycles. The number of carbonyl (C=O) groups excluding carboxylic acids is 1. The standard InChI is InChI=1S/C12H18N4O/c1-12(4-2-5-12)8-15-11(17)10-7-9(16-13)3-6-14-10/h3,6-7H,2,4-5,8,13H2,1H3,(H,14,16)(H,15,17). The minimum absolute atomic E-state index is 0.143. The number of pyridine rings is 1. The van der Waals surface area contributed by atoms with Gasteiger partial charge in [0.25, 0.3) is 5.91 Å². The summed E-state index contributed by atoms with van der Waals surface area (Å²) >= 11 is 0. The molecule has 0 spiro atoms. The van der Waals surface area contributed by atoms with Crippen LogP contribution in [-0.2, 0) is 0 Å². The third-order valence-electron chi connectivity index (χ3n) is 3.40. The number of anilines is 1. The Morgan fingerprint density at radius 1 is 1.59 bits per heavy atom. The predicted molar refractivity (Wildman–Crippen MR) is 66.3 cm³/mol. The second-order valence-electron chi connectivity index (χ2n) is 4.92. The number of nitrogens with zero attached hydrogens (tertiary/aromatic N) is 1. The quantitative estimate of drug-likeness (QED) is 0.541. The van der Waals surface area contributed by atoms with Crippen molar-refractivity contribution in [2.24, 2.45) is 11.3 Å². The lowest BCUT2D eigenvalue weighted by Crippen LogP contribution is -2.40. The molecule has 0 atom stereocenters. The van der Waals surface area contributed by atoms with Gasteiger partial charge in [-0.15, -0.1) is 0 Å². The smallest absolute Gasteiger partial charge is 0.269 e. The van der Waals surface area contributed by atoms with Crippen LogP contribution in [0.5, 0.6) is 0 Å². The van der Waals surface area contributed by atoms with E-state index in [9.17, 15) is 4.79 Å². The lowest BCUT2D eigenvalue weighted by molar-refractivity contribution is 0.0886. The van der Waals surface area contributed by atoms with Crippen molar-refractivity contribution in [2.45, 2.75) is 26.2 Å². The van der Waals surface area contributed by atoms with E-state index in [1.807, 2.05) is 0 Å². The average Bonchev–Trinajstić information content (AvgIpc) is 2.33. The van der Waals surface area contributed by atoms with Crippen LogP contribution >= 0.6 is 0 Å². The van der Waals surface area contributed by atoms with Gasteiger partial charge in [-0.3, -0.25) is 15.6 Å². The van der Waals surface area contributed by atoms with Gasteiger partial charge in [0.1, 0.15) is 5.69 Å². The van der Waals surface area contributed by atoms with Crippen molar-refractivity contribution in [3.63, 3.8) is 0 Å². The van der Waals surface area contributed by atoms with Crippen LogP contribution in [0.2, 0.25) is 0 Å². The molecule has 1 aromatic heterocycles. The SMILES string of the molecule is CC1(CNC(=O)c2cc(NN)ccn2)CCC1. The van der Waals surface area contributed by atoms with Crippen molar-refractivity contribution in [3.8, 4) is 0 Å². The normalized spacial score (nSPS) is 17.1. The molecule has 1 fully saturated rings. The van der Waals surface area contributed by atoms with Crippen molar-refractivity contribution in [2.75, 3.05) is 12.0 Å². The van der Waals surface area contributed by atoms with E-state index in [2.05, 4.69) is 22.7 Å². The second-order valence-corrected chi connectivity index (χ2v) is 4.92. The zero-order valence-corrected chi connectivity index (χ0v) is 9.99. The van der Waals surface area contributed by atoms with Crippen LogP contribution < -0.4 is 16.6 Å². The van der Waals surface area contributed by atoms with Crippen molar-refractivity contribution in [3.05, 3.63) is 24.0 Å². The third-order valence-corrected chi connectivity index (χ3v) is 3.40. The van der Waals surface area contributed by atoms with Crippen LogP contribution in [0.4, 0.5) is 5.69 Å². The van der Waals surface area contributed by atoms with E-state index in [1.165, 1.54) is 19.3 Å². The molecular formula is C12H18N4O. The molecule has 0 radical (unpaired) electrons. The lowest BCUT2D eigenvalue weighted by Gasteiger charge is -2.38. The molecule has 17 heavy (non-hydrogen) atoms. The first-order valence-electron chi connectivity index (χ1n) is 5.84. The summed E-state index contributed by atoms with van der Waals surface area (Å²) in [6.07, 6.45) is 5.20. The summed E-state index contributed by atoms with van der Waals surface area (Å²) in [5, 5.41) is 2.92. The number of amides is 1. The zero-order valence-electron chi connectivity index (χ0n) is 9.99. The van der Waals surface area contributed by atoms with Crippen LogP contribution in [0.15, 0.2) is 18.3 Å². The van der Waals surface area contributed by atoms with Gasteiger partial charge in [-0.25, -0.2) is 0 Å². The first-order valence-corrected chi connectivity index (χ1v) is 5.84. The molecule has 1 amide bonds. The molecule has 1 heterocycles. The highest BCUT2D eigenvalue weighted by Crippen LogP contribution is 2.39. The number of nitrogen functional groups attached to an aromatic ring is 1. The number of nitrogens with two attached hydrogens (primary N) is 1. The molecule has 5 nitrogen and oxygen atoms in total. The highest BCUT2D eigenvalue weighted by Gasteiger charge is 2.31. The van der Waals surface area contributed by atoms with Crippen LogP contribution in [0.25, 0.3) is 0 Å². The minimum Gasteiger partial charge on any atom is -0.350 e. The van der Waals surface area contributed by atoms with E-state index in [0.29, 0.717) is 17.9 Å². The maximum absolute atomic E-state index is 11.9. The van der Waals surface area contributed by atoms with E-state index < -0.39 is 0 Å². The number of carbonyl (C=O) groups is 1. The molecule has 1 saturated carbocycles. The summed E-state index contributed by atoms with van der Waals surface area (Å²) in [4.78, 5) is 15.9. The van der Waals surface area contributed by atoms with E-state index in [-0.39, 0.29) is 11.3 Å². The fraction of sp³-hybridized carbons (Fsp3) is 0.500. The highest BCUT2D eigenvalue weighted by molar-refractivity contribution is 5.93. The molecule has 5 heteroatoms. The largest absolute Gasteiger partial charge is 0.350 e. The summed E-state index contributed by atoms with van der Waals surface area (Å²) in [5.41, 5.74) is 3.85. The van der Waals surface area contributed by atoms with Crippen molar-refractivity contribution in [1.82, 2.24) is 10.3 Å². The Morgan fingerprint density at radius 3 is 2.94 bits per heavy atom. The van der Waals surface area contributed by atoms with E-state index in [0.717, 1.165) is 0 Å². The Hall–Kier alpha value is -1.62. The van der Waals surface area contributed by atoms with Crippen LogP contribution in [0.1, 0.15) is 36.7 Å². The summed E-state index contributed by atoms with van der Waals surface area (Å²) < 4.78 is 0. The molecule has 4 N–H and O–H groups in total. The Bertz CT molecular complexity index is 415. The first kappa shape index (κ1) is 11.9. The molecule has 1 aliphatic carbocycles. The molecule has 1 aliphatic rings. The Morgan fingerprint density at radius 2 is 2.35 bits per heavy atom. The number of hydrazine groups is 1. The lowest BCUT2D eigenvalue weighted by atomic mass is 9.70. The van der Waals surface area contributed by atoms with Gasteiger partial charge in [-0.2, -0.15) is 0 Å². The molecule has 0 aliphatic heterocycles. The van der Waals surface area contributed by atoms with Gasteiger partial charge in [0.05, 0.1) is 5.69 Å². The van der Waals surface area contributed by atoms with Gasteiger partial charge < -0.3 is 10.7 Å². The number of aromatic nitrogens is 1. The average molecular weight is 234 g/mol. The molecular weight excluding hydrogens is 216 g/mol. The molecule has 1 aromatic rings. The molecule has 2 rings (SSSR count). The fourth-order valence-electron chi connectivity index (χ4n) is 1.99. The van der Waals surface area contributed by atoms with Crippen molar-refractivity contribution < 1.29 is 4.79 Å². The molecule has 92 valence electrons. The highest BCUT2D eigenvalue weighted by atomic mass is 16.1. The van der Waals surface area contributed by atoms with Gasteiger partial charge in [0.2, 0.25) is 0 Å². The summed E-state index contributed by atoms with van der Waals surface area (Å²) in [6.45, 7) is 2.91. The Labute approximate surface area is 101 Å². The van der Waals surface area contributed by atoms with Gasteiger partial charge in [0, 0.05) is 12.7 Å². The minimum atomic E-state index is -0.143. The maximum atomic E-state index is 11.9. The number of hydrogen-bond donors (Lipinski definition) is 3. The topological polar surface area (TPSA) is 80.0 Å². The number of nitrogens with one attached hydrogen (secondary N) is 2. The van der Waals surface area contributed by atoms with Crippen molar-refractivity contribution in [1.29, 1.82) is 0 Å². The maximum Gasteiger partial charge on any atom is 0.269 e. The first-order chi connectivity index (χ1) is 8.13. The van der Waals surface area contributed by atoms with Crippen LogP contribution in [0.3, 0.4) is 0 Å². The van der Waals surface area contributed by atoms with Gasteiger partial charge in [0.15, 0.2) is 0 Å². The van der Waals surface area contributed by atoms with Gasteiger partial charge >= 0.3 is 0 Å². The Kier molecular flexibility index (Phi) is 3.28. The number of hydrogen-bond acceptors (Lipinski definition) is 4. The van der Waals surface area contributed by atoms with E-state index in [4.69, 9.17) is 5.84 Å². The molecule has 0 unspecified atom stereocenters. The fourth-order valence-corrected chi connectivity index (χ4v) is 1.99. The van der Waals surface area contributed by atoms with Crippen LogP contribution in [-0.4, -0.2) is 17.4 Å². The van der Waals surface area contributed by atoms with E-state index in [1.54, 1.807) is 18.3 Å². The van der Waals surface area contributed by atoms with Gasteiger partial charge in [-0.05, 0) is 30.4 Å². The summed E-state index contributed by atoms with van der Waals surface area (Å²) in [6, 6.07) is 3.35. The molecule has 0 aromatic carbocycles. The summed E-state index contributed by atoms with van der Waals surface area (Å²) in [5.74, 6) is 5.14. The monoisotopic (exact) mass is 234 g/mol. The predicted octanol–water partition coefficient (Wildman–Crippen LogP) is 1.29. The van der Waals surface area contributed by atoms with Crippen LogP contribution in [0, 0.1) is 5.41 Å². The van der Waals surface area contributed by atoms with Gasteiger partial charge in [-0.1, -0.05) is 13.3 Å². The summed E-state index contributed by atoms with van der Waals surface area (Å²) in [7, 11) is 0. The second kappa shape index (κ2) is 4.71.